The molecule has 0 aliphatic rings. The van der Waals surface area contributed by atoms with Crippen LogP contribution in [0.3, 0.4) is 0 Å². The molecule has 0 fully saturated rings. The molecule has 1 aromatic carbocycles. The first-order valence-corrected chi connectivity index (χ1v) is 3.95. The van der Waals surface area contributed by atoms with E-state index in [1.807, 2.05) is 19.1 Å². The van der Waals surface area contributed by atoms with Crippen molar-refractivity contribution < 1.29 is 5.21 Å². The standard InChI is InChI=1S/C10H13NO/c1-8-4-3-5-10(6-8)7-9(2)11-12/h3-6,12H,7H2,1-2H3. The summed E-state index contributed by atoms with van der Waals surface area (Å²) in [6.07, 6.45) is 0.720. The van der Waals surface area contributed by atoms with Gasteiger partial charge in [0.1, 0.15) is 0 Å². The van der Waals surface area contributed by atoms with Crippen LogP contribution >= 0.6 is 0 Å². The third kappa shape index (κ3) is 2.38. The molecule has 1 N–H and O–H groups in total. The molecule has 64 valence electrons. The Balaban J connectivity index is 2.76. The van der Waals surface area contributed by atoms with E-state index in [0.717, 1.165) is 12.1 Å². The van der Waals surface area contributed by atoms with Crippen molar-refractivity contribution in [2.75, 3.05) is 0 Å². The molecule has 0 amide bonds. The van der Waals surface area contributed by atoms with E-state index in [4.69, 9.17) is 5.21 Å². The molecule has 2 heteroatoms. The zero-order valence-electron chi connectivity index (χ0n) is 7.41. The lowest BCUT2D eigenvalue weighted by Crippen LogP contribution is -1.97. The van der Waals surface area contributed by atoms with Gasteiger partial charge in [-0.25, -0.2) is 0 Å². The summed E-state index contributed by atoms with van der Waals surface area (Å²) in [6, 6.07) is 8.18. The highest BCUT2D eigenvalue weighted by Crippen LogP contribution is 2.05. The van der Waals surface area contributed by atoms with Crippen molar-refractivity contribution in [1.29, 1.82) is 0 Å². The van der Waals surface area contributed by atoms with Crippen LogP contribution in [-0.4, -0.2) is 10.9 Å². The third-order valence-electron chi connectivity index (χ3n) is 1.71. The Morgan fingerprint density at radius 3 is 2.83 bits per heavy atom. The highest BCUT2D eigenvalue weighted by molar-refractivity contribution is 5.83. The molecule has 0 unspecified atom stereocenters. The van der Waals surface area contributed by atoms with Crippen LogP contribution in [0.5, 0.6) is 0 Å². The van der Waals surface area contributed by atoms with Crippen LogP contribution in [-0.2, 0) is 6.42 Å². The lowest BCUT2D eigenvalue weighted by molar-refractivity contribution is 0.317. The fourth-order valence-electron chi connectivity index (χ4n) is 1.15. The summed E-state index contributed by atoms with van der Waals surface area (Å²) >= 11 is 0. The van der Waals surface area contributed by atoms with Crippen LogP contribution in [0, 0.1) is 6.92 Å². The minimum Gasteiger partial charge on any atom is -0.411 e. The predicted molar refractivity (Wildman–Crippen MR) is 49.8 cm³/mol. The van der Waals surface area contributed by atoms with Gasteiger partial charge in [-0.1, -0.05) is 35.0 Å². The Morgan fingerprint density at radius 1 is 1.50 bits per heavy atom. The maximum absolute atomic E-state index is 8.45. The molecule has 0 atom stereocenters. The Bertz CT molecular complexity index is 292. The molecule has 0 aromatic heterocycles. The highest BCUT2D eigenvalue weighted by atomic mass is 16.4. The second-order valence-electron chi connectivity index (χ2n) is 3.00. The number of hydrogen-bond acceptors (Lipinski definition) is 2. The van der Waals surface area contributed by atoms with E-state index in [2.05, 4.69) is 24.2 Å². The quantitative estimate of drug-likeness (QED) is 0.405. The number of hydrogen-bond donors (Lipinski definition) is 1. The van der Waals surface area contributed by atoms with Crippen LogP contribution < -0.4 is 0 Å². The Kier molecular flexibility index (Phi) is 2.86. The number of nitrogens with zero attached hydrogens (tertiary/aromatic N) is 1. The van der Waals surface area contributed by atoms with Crippen molar-refractivity contribution in [2.24, 2.45) is 5.16 Å². The summed E-state index contributed by atoms with van der Waals surface area (Å²) in [6.45, 7) is 3.86. The first-order chi connectivity index (χ1) is 5.72. The molecule has 0 radical (unpaired) electrons. The molecule has 2 nitrogen and oxygen atoms in total. The molecule has 0 saturated heterocycles. The zero-order valence-corrected chi connectivity index (χ0v) is 7.41. The number of oxime groups is 1. The van der Waals surface area contributed by atoms with Crippen LogP contribution in [0.2, 0.25) is 0 Å². The largest absolute Gasteiger partial charge is 0.411 e. The van der Waals surface area contributed by atoms with Crippen LogP contribution in [0.15, 0.2) is 29.4 Å². The minimum atomic E-state index is 0.720. The van der Waals surface area contributed by atoms with Gasteiger partial charge in [-0.05, 0) is 19.4 Å². The third-order valence-corrected chi connectivity index (χ3v) is 1.71. The SMILES string of the molecule is CC(Cc1cccc(C)c1)=NO. The number of aryl methyl sites for hydroxylation is 1. The van der Waals surface area contributed by atoms with Crippen LogP contribution in [0.25, 0.3) is 0 Å². The summed E-state index contributed by atoms with van der Waals surface area (Å²) in [5.41, 5.74) is 3.16. The van der Waals surface area contributed by atoms with Gasteiger partial charge in [0, 0.05) is 6.42 Å². The van der Waals surface area contributed by atoms with Crippen LogP contribution in [0.4, 0.5) is 0 Å². The number of benzene rings is 1. The average Bonchev–Trinajstić information content (AvgIpc) is 2.04. The molecule has 0 spiro atoms. The van der Waals surface area contributed by atoms with Gasteiger partial charge in [0.25, 0.3) is 0 Å². The van der Waals surface area contributed by atoms with E-state index in [-0.39, 0.29) is 0 Å². The fourth-order valence-corrected chi connectivity index (χ4v) is 1.15. The molecule has 0 heterocycles. The van der Waals surface area contributed by atoms with E-state index < -0.39 is 0 Å². The molecule has 0 saturated carbocycles. The molecular weight excluding hydrogens is 150 g/mol. The van der Waals surface area contributed by atoms with Crippen molar-refractivity contribution >= 4 is 5.71 Å². The topological polar surface area (TPSA) is 32.6 Å². The maximum atomic E-state index is 8.45. The molecule has 1 aromatic rings. The molecule has 0 aliphatic carbocycles. The summed E-state index contributed by atoms with van der Waals surface area (Å²) < 4.78 is 0. The predicted octanol–water partition coefficient (Wildman–Crippen LogP) is 2.39. The summed E-state index contributed by atoms with van der Waals surface area (Å²) in [4.78, 5) is 0. The van der Waals surface area contributed by atoms with Gasteiger partial charge in [-0.3, -0.25) is 0 Å². The van der Waals surface area contributed by atoms with Gasteiger partial charge in [0.15, 0.2) is 0 Å². The van der Waals surface area contributed by atoms with Crippen molar-refractivity contribution in [2.45, 2.75) is 20.3 Å². The van der Waals surface area contributed by atoms with E-state index in [1.54, 1.807) is 0 Å². The van der Waals surface area contributed by atoms with Crippen molar-refractivity contribution in [3.05, 3.63) is 35.4 Å². The Hall–Kier alpha value is -1.31. The van der Waals surface area contributed by atoms with E-state index in [0.29, 0.717) is 0 Å². The maximum Gasteiger partial charge on any atom is 0.0583 e. The molecule has 1 rings (SSSR count). The van der Waals surface area contributed by atoms with Gasteiger partial charge >= 0.3 is 0 Å². The Labute approximate surface area is 72.5 Å². The highest BCUT2D eigenvalue weighted by Gasteiger charge is 1.95. The monoisotopic (exact) mass is 163 g/mol. The van der Waals surface area contributed by atoms with Crippen LogP contribution in [0.1, 0.15) is 18.1 Å². The van der Waals surface area contributed by atoms with Gasteiger partial charge < -0.3 is 5.21 Å². The second kappa shape index (κ2) is 3.90. The van der Waals surface area contributed by atoms with Gasteiger partial charge in [-0.15, -0.1) is 0 Å². The van der Waals surface area contributed by atoms with Gasteiger partial charge in [0.2, 0.25) is 0 Å². The minimum absolute atomic E-state index is 0.720. The van der Waals surface area contributed by atoms with E-state index in [9.17, 15) is 0 Å². The van der Waals surface area contributed by atoms with E-state index >= 15 is 0 Å². The fraction of sp³-hybridized carbons (Fsp3) is 0.300. The lowest BCUT2D eigenvalue weighted by Gasteiger charge is -1.99. The van der Waals surface area contributed by atoms with E-state index in [1.165, 1.54) is 11.1 Å². The van der Waals surface area contributed by atoms with Gasteiger partial charge in [-0.2, -0.15) is 0 Å². The zero-order chi connectivity index (χ0) is 8.97. The summed E-state index contributed by atoms with van der Waals surface area (Å²) in [5, 5.41) is 11.6. The van der Waals surface area contributed by atoms with Crippen molar-refractivity contribution in [1.82, 2.24) is 0 Å². The molecule has 0 aliphatic heterocycles. The molecule has 12 heavy (non-hydrogen) atoms. The summed E-state index contributed by atoms with van der Waals surface area (Å²) in [5.74, 6) is 0. The average molecular weight is 163 g/mol. The normalized spacial score (nSPS) is 11.7. The first kappa shape index (κ1) is 8.78. The van der Waals surface area contributed by atoms with Gasteiger partial charge in [0.05, 0.1) is 5.71 Å². The lowest BCUT2D eigenvalue weighted by atomic mass is 10.1. The summed E-state index contributed by atoms with van der Waals surface area (Å²) in [7, 11) is 0. The van der Waals surface area contributed by atoms with Crippen molar-refractivity contribution in [3.63, 3.8) is 0 Å². The first-order valence-electron chi connectivity index (χ1n) is 3.95. The molecular formula is C10H13NO. The van der Waals surface area contributed by atoms with Crippen molar-refractivity contribution in [3.8, 4) is 0 Å². The Morgan fingerprint density at radius 2 is 2.25 bits per heavy atom. The molecule has 0 bridgehead atoms. The smallest absolute Gasteiger partial charge is 0.0583 e. The number of rotatable bonds is 2. The second-order valence-corrected chi connectivity index (χ2v) is 3.00.